The van der Waals surface area contributed by atoms with Gasteiger partial charge in [0.05, 0.1) is 5.76 Å². The van der Waals surface area contributed by atoms with Gasteiger partial charge in [0.25, 0.3) is 0 Å². The fourth-order valence-electron chi connectivity index (χ4n) is 1.07. The van der Waals surface area contributed by atoms with Gasteiger partial charge in [-0.2, -0.15) is 0 Å². The average molecular weight is 154 g/mol. The lowest BCUT2D eigenvalue weighted by molar-refractivity contribution is 0.318. The van der Waals surface area contributed by atoms with Gasteiger partial charge in [-0.3, -0.25) is 0 Å². The molecule has 0 aromatic rings. The van der Waals surface area contributed by atoms with E-state index in [-0.39, 0.29) is 5.92 Å². The summed E-state index contributed by atoms with van der Waals surface area (Å²) in [6.07, 6.45) is 6.02. The first-order chi connectivity index (χ1) is 5.22. The van der Waals surface area contributed by atoms with Gasteiger partial charge in [0, 0.05) is 5.92 Å². The highest BCUT2D eigenvalue weighted by atomic mass is 16.3. The number of hydrogen-bond donors (Lipinski definition) is 1. The van der Waals surface area contributed by atoms with E-state index in [0.29, 0.717) is 5.76 Å². The summed E-state index contributed by atoms with van der Waals surface area (Å²) in [5.41, 5.74) is 0. The Labute approximate surface area is 69.4 Å². The van der Waals surface area contributed by atoms with E-state index in [4.69, 9.17) is 5.11 Å². The zero-order chi connectivity index (χ0) is 8.69. The highest BCUT2D eigenvalue weighted by Crippen LogP contribution is 2.18. The zero-order valence-electron chi connectivity index (χ0n) is 7.34. The molecule has 1 atom stereocenters. The first-order valence-corrected chi connectivity index (χ1v) is 4.21. The first kappa shape index (κ1) is 10.3. The molecule has 1 heteroatoms. The van der Waals surface area contributed by atoms with Crippen molar-refractivity contribution in [1.82, 2.24) is 0 Å². The SMILES string of the molecule is C=CCC(CCCC)C(=C)O. The second kappa shape index (κ2) is 6.02. The van der Waals surface area contributed by atoms with Crippen LogP contribution in [0, 0.1) is 5.92 Å². The summed E-state index contributed by atoms with van der Waals surface area (Å²) in [5, 5.41) is 9.13. The molecule has 0 amide bonds. The minimum absolute atomic E-state index is 0.229. The van der Waals surface area contributed by atoms with Crippen LogP contribution in [0.3, 0.4) is 0 Å². The Bertz CT molecular complexity index is 127. The van der Waals surface area contributed by atoms with Crippen LogP contribution in [0.15, 0.2) is 25.0 Å². The summed E-state index contributed by atoms with van der Waals surface area (Å²) in [7, 11) is 0. The number of allylic oxidation sites excluding steroid dienone is 2. The highest BCUT2D eigenvalue weighted by Gasteiger charge is 2.08. The Kier molecular flexibility index (Phi) is 5.63. The van der Waals surface area contributed by atoms with E-state index in [1.165, 1.54) is 6.42 Å². The fourth-order valence-corrected chi connectivity index (χ4v) is 1.07. The smallest absolute Gasteiger partial charge is 0.0884 e. The van der Waals surface area contributed by atoms with Crippen LogP contribution in [0.1, 0.15) is 32.6 Å². The maximum Gasteiger partial charge on any atom is 0.0884 e. The topological polar surface area (TPSA) is 20.2 Å². The van der Waals surface area contributed by atoms with Crippen LogP contribution in [-0.2, 0) is 0 Å². The van der Waals surface area contributed by atoms with Gasteiger partial charge in [0.2, 0.25) is 0 Å². The summed E-state index contributed by atoms with van der Waals surface area (Å²) >= 11 is 0. The maximum atomic E-state index is 9.13. The normalized spacial score (nSPS) is 12.5. The minimum Gasteiger partial charge on any atom is -0.513 e. The molecule has 64 valence electrons. The van der Waals surface area contributed by atoms with E-state index in [1.54, 1.807) is 0 Å². The second-order valence-electron chi connectivity index (χ2n) is 2.85. The quantitative estimate of drug-likeness (QED) is 0.459. The lowest BCUT2D eigenvalue weighted by Crippen LogP contribution is -2.01. The van der Waals surface area contributed by atoms with Gasteiger partial charge in [0.15, 0.2) is 0 Å². The lowest BCUT2D eigenvalue weighted by Gasteiger charge is -2.11. The molecule has 0 aliphatic carbocycles. The molecule has 1 N–H and O–H groups in total. The van der Waals surface area contributed by atoms with Gasteiger partial charge in [-0.15, -0.1) is 6.58 Å². The molecule has 1 unspecified atom stereocenters. The first-order valence-electron chi connectivity index (χ1n) is 4.21. The van der Waals surface area contributed by atoms with Crippen molar-refractivity contribution in [2.24, 2.45) is 5.92 Å². The summed E-state index contributed by atoms with van der Waals surface area (Å²) < 4.78 is 0. The summed E-state index contributed by atoms with van der Waals surface area (Å²) in [6.45, 7) is 9.32. The fraction of sp³-hybridized carbons (Fsp3) is 0.600. The maximum absolute atomic E-state index is 9.13. The van der Waals surface area contributed by atoms with Crippen molar-refractivity contribution in [2.75, 3.05) is 0 Å². The number of aliphatic hydroxyl groups excluding tert-OH is 1. The van der Waals surface area contributed by atoms with Crippen LogP contribution in [0.4, 0.5) is 0 Å². The third-order valence-corrected chi connectivity index (χ3v) is 1.83. The second-order valence-corrected chi connectivity index (χ2v) is 2.85. The Morgan fingerprint density at radius 1 is 1.64 bits per heavy atom. The van der Waals surface area contributed by atoms with Crippen LogP contribution in [0.2, 0.25) is 0 Å². The molecule has 0 aromatic carbocycles. The molecule has 0 bridgehead atoms. The Morgan fingerprint density at radius 2 is 2.27 bits per heavy atom. The summed E-state index contributed by atoms with van der Waals surface area (Å²) in [6, 6.07) is 0. The molecule has 0 saturated heterocycles. The lowest BCUT2D eigenvalue weighted by atomic mass is 9.97. The monoisotopic (exact) mass is 154 g/mol. The third-order valence-electron chi connectivity index (χ3n) is 1.83. The van der Waals surface area contributed by atoms with Crippen molar-refractivity contribution >= 4 is 0 Å². The van der Waals surface area contributed by atoms with Crippen molar-refractivity contribution in [1.29, 1.82) is 0 Å². The van der Waals surface area contributed by atoms with E-state index in [2.05, 4.69) is 20.1 Å². The van der Waals surface area contributed by atoms with Gasteiger partial charge in [-0.05, 0) is 12.8 Å². The molecule has 1 nitrogen and oxygen atoms in total. The minimum atomic E-state index is 0.229. The number of aliphatic hydroxyl groups is 1. The number of hydrogen-bond acceptors (Lipinski definition) is 1. The van der Waals surface area contributed by atoms with Crippen LogP contribution in [-0.4, -0.2) is 5.11 Å². The molecule has 0 spiro atoms. The van der Waals surface area contributed by atoms with Gasteiger partial charge >= 0.3 is 0 Å². The van der Waals surface area contributed by atoms with E-state index < -0.39 is 0 Å². The molecule has 0 rings (SSSR count). The molecular formula is C10H18O. The zero-order valence-corrected chi connectivity index (χ0v) is 7.34. The van der Waals surface area contributed by atoms with E-state index in [1.807, 2.05) is 6.08 Å². The van der Waals surface area contributed by atoms with Crippen LogP contribution in [0.25, 0.3) is 0 Å². The van der Waals surface area contributed by atoms with Crippen LogP contribution < -0.4 is 0 Å². The van der Waals surface area contributed by atoms with Crippen LogP contribution in [0.5, 0.6) is 0 Å². The highest BCUT2D eigenvalue weighted by molar-refractivity contribution is 4.92. The van der Waals surface area contributed by atoms with Gasteiger partial charge in [0.1, 0.15) is 0 Å². The molecule has 0 fully saturated rings. The summed E-state index contributed by atoms with van der Waals surface area (Å²) in [4.78, 5) is 0. The Balaban J connectivity index is 3.69. The predicted octanol–water partition coefficient (Wildman–Crippen LogP) is 3.44. The van der Waals surface area contributed by atoms with Crippen molar-refractivity contribution in [3.8, 4) is 0 Å². The van der Waals surface area contributed by atoms with Gasteiger partial charge < -0.3 is 5.11 Å². The molecule has 0 saturated carbocycles. The van der Waals surface area contributed by atoms with Crippen molar-refractivity contribution in [2.45, 2.75) is 32.6 Å². The van der Waals surface area contributed by atoms with Crippen molar-refractivity contribution < 1.29 is 5.11 Å². The molecule has 0 aliphatic heterocycles. The number of rotatable bonds is 6. The van der Waals surface area contributed by atoms with E-state index in [9.17, 15) is 0 Å². The molecule has 11 heavy (non-hydrogen) atoms. The Morgan fingerprint density at radius 3 is 2.64 bits per heavy atom. The van der Waals surface area contributed by atoms with Gasteiger partial charge in [-0.25, -0.2) is 0 Å². The predicted molar refractivity (Wildman–Crippen MR) is 49.6 cm³/mol. The molecular weight excluding hydrogens is 136 g/mol. The van der Waals surface area contributed by atoms with E-state index in [0.717, 1.165) is 19.3 Å². The Hall–Kier alpha value is -0.720. The summed E-state index contributed by atoms with van der Waals surface area (Å²) in [5.74, 6) is 0.533. The third kappa shape index (κ3) is 4.65. The van der Waals surface area contributed by atoms with Crippen molar-refractivity contribution in [3.63, 3.8) is 0 Å². The van der Waals surface area contributed by atoms with E-state index >= 15 is 0 Å². The van der Waals surface area contributed by atoms with Crippen molar-refractivity contribution in [3.05, 3.63) is 25.0 Å². The molecule has 0 aromatic heterocycles. The van der Waals surface area contributed by atoms with Crippen LogP contribution >= 0.6 is 0 Å². The van der Waals surface area contributed by atoms with Gasteiger partial charge in [-0.1, -0.05) is 32.4 Å². The molecule has 0 heterocycles. The molecule has 0 radical (unpaired) electrons. The average Bonchev–Trinajstić information content (AvgIpc) is 1.97. The standard InChI is InChI=1S/C10H18O/c1-4-6-8-10(7-5-2)9(3)11/h5,10-11H,2-4,6-8H2,1H3. The molecule has 0 aliphatic rings. The number of unbranched alkanes of at least 4 members (excludes halogenated alkanes) is 1. The largest absolute Gasteiger partial charge is 0.513 e.